The van der Waals surface area contributed by atoms with Crippen LogP contribution < -0.4 is 10.1 Å². The Balaban J connectivity index is 1.70. The molecule has 0 saturated heterocycles. The summed E-state index contributed by atoms with van der Waals surface area (Å²) in [5.74, 6) is -0.0948. The minimum Gasteiger partial charge on any atom is -0.484 e. The zero-order valence-electron chi connectivity index (χ0n) is 12.1. The van der Waals surface area contributed by atoms with Crippen LogP contribution in [-0.2, 0) is 11.3 Å². The van der Waals surface area contributed by atoms with Crippen LogP contribution >= 0.6 is 0 Å². The van der Waals surface area contributed by atoms with Crippen molar-refractivity contribution >= 4 is 5.91 Å². The van der Waals surface area contributed by atoms with Gasteiger partial charge < -0.3 is 10.1 Å². The highest BCUT2D eigenvalue weighted by Crippen LogP contribution is 2.10. The highest BCUT2D eigenvalue weighted by Gasteiger charge is 2.04. The number of nitrogens with zero attached hydrogens (tertiary/aromatic N) is 2. The Morgan fingerprint density at radius 2 is 2.05 bits per heavy atom. The number of ether oxygens (including phenoxy) is 1. The molecule has 0 aliphatic carbocycles. The average Bonchev–Trinajstić information content (AvgIpc) is 2.76. The van der Waals surface area contributed by atoms with Crippen LogP contribution in [0.5, 0.6) is 5.75 Å². The lowest BCUT2D eigenvalue weighted by Crippen LogP contribution is -2.31. The molecule has 0 fully saturated rings. The van der Waals surface area contributed by atoms with Gasteiger partial charge in [0, 0.05) is 12.2 Å². The number of carbonyl (C=O) groups is 1. The second-order valence-corrected chi connectivity index (χ2v) is 4.74. The Bertz CT molecular complexity index is 608. The van der Waals surface area contributed by atoms with Gasteiger partial charge in [0.1, 0.15) is 11.6 Å². The molecule has 0 atom stereocenters. The van der Waals surface area contributed by atoms with E-state index in [0.29, 0.717) is 18.8 Å². The minimum absolute atomic E-state index is 0.0945. The van der Waals surface area contributed by atoms with Crippen LogP contribution in [0.1, 0.15) is 11.4 Å². The summed E-state index contributed by atoms with van der Waals surface area (Å²) in [6.07, 6.45) is 0. The number of carbonyl (C=O) groups excluding carboxylic acids is 1. The standard InChI is InChI=1S/C15H18FN3O2/c1-11-9-12(2)19(18-11)8-7-17-15(20)10-21-14-5-3-13(16)4-6-14/h3-6,9H,7-8,10H2,1-2H3,(H,17,20). The van der Waals surface area contributed by atoms with Crippen molar-refractivity contribution in [2.75, 3.05) is 13.2 Å². The first-order valence-electron chi connectivity index (χ1n) is 6.71. The third-order valence-corrected chi connectivity index (χ3v) is 2.93. The van der Waals surface area contributed by atoms with E-state index in [2.05, 4.69) is 10.4 Å². The molecule has 1 amide bonds. The average molecular weight is 291 g/mol. The smallest absolute Gasteiger partial charge is 0.258 e. The van der Waals surface area contributed by atoms with E-state index in [0.717, 1.165) is 11.4 Å². The molecule has 2 rings (SSSR count). The van der Waals surface area contributed by atoms with Crippen molar-refractivity contribution in [3.05, 3.63) is 47.5 Å². The number of benzene rings is 1. The molecular weight excluding hydrogens is 273 g/mol. The van der Waals surface area contributed by atoms with Crippen molar-refractivity contribution in [2.45, 2.75) is 20.4 Å². The van der Waals surface area contributed by atoms with Crippen molar-refractivity contribution in [1.82, 2.24) is 15.1 Å². The summed E-state index contributed by atoms with van der Waals surface area (Å²) in [6.45, 7) is 4.90. The summed E-state index contributed by atoms with van der Waals surface area (Å²) >= 11 is 0. The molecule has 5 nitrogen and oxygen atoms in total. The molecule has 1 N–H and O–H groups in total. The maximum absolute atomic E-state index is 12.7. The van der Waals surface area contributed by atoms with E-state index >= 15 is 0 Å². The van der Waals surface area contributed by atoms with Crippen LogP contribution in [-0.4, -0.2) is 28.8 Å². The predicted molar refractivity (Wildman–Crippen MR) is 76.6 cm³/mol. The molecule has 1 aromatic carbocycles. The third kappa shape index (κ3) is 4.59. The molecule has 0 bridgehead atoms. The summed E-state index contributed by atoms with van der Waals surface area (Å²) in [7, 11) is 0. The van der Waals surface area contributed by atoms with Crippen LogP contribution in [0, 0.1) is 19.7 Å². The number of rotatable bonds is 6. The van der Waals surface area contributed by atoms with E-state index in [1.54, 1.807) is 0 Å². The molecular formula is C15H18FN3O2. The first-order valence-corrected chi connectivity index (χ1v) is 6.71. The van der Waals surface area contributed by atoms with Gasteiger partial charge in [-0.25, -0.2) is 4.39 Å². The first kappa shape index (κ1) is 15.0. The number of hydrogen-bond donors (Lipinski definition) is 1. The van der Waals surface area contributed by atoms with Gasteiger partial charge in [-0.1, -0.05) is 0 Å². The zero-order chi connectivity index (χ0) is 15.2. The molecule has 112 valence electrons. The van der Waals surface area contributed by atoms with Crippen molar-refractivity contribution in [1.29, 1.82) is 0 Å². The summed E-state index contributed by atoms with van der Waals surface area (Å²) in [5, 5.41) is 7.06. The number of hydrogen-bond acceptors (Lipinski definition) is 3. The molecule has 0 spiro atoms. The van der Waals surface area contributed by atoms with Gasteiger partial charge in [0.05, 0.1) is 12.2 Å². The Labute approximate surface area is 122 Å². The second-order valence-electron chi connectivity index (χ2n) is 4.74. The van der Waals surface area contributed by atoms with Crippen LogP contribution in [0.3, 0.4) is 0 Å². The van der Waals surface area contributed by atoms with E-state index < -0.39 is 0 Å². The fourth-order valence-corrected chi connectivity index (χ4v) is 1.93. The summed E-state index contributed by atoms with van der Waals surface area (Å²) in [4.78, 5) is 11.6. The lowest BCUT2D eigenvalue weighted by atomic mass is 10.3. The Morgan fingerprint density at radius 3 is 2.67 bits per heavy atom. The zero-order valence-corrected chi connectivity index (χ0v) is 12.1. The fraction of sp³-hybridized carbons (Fsp3) is 0.333. The molecule has 6 heteroatoms. The van der Waals surface area contributed by atoms with E-state index in [1.807, 2.05) is 24.6 Å². The molecule has 1 heterocycles. The number of halogens is 1. The topological polar surface area (TPSA) is 56.2 Å². The van der Waals surface area contributed by atoms with Crippen molar-refractivity contribution in [2.24, 2.45) is 0 Å². The van der Waals surface area contributed by atoms with E-state index in [4.69, 9.17) is 4.74 Å². The predicted octanol–water partition coefficient (Wildman–Crippen LogP) is 1.83. The Hall–Kier alpha value is -2.37. The number of aromatic nitrogens is 2. The van der Waals surface area contributed by atoms with E-state index in [9.17, 15) is 9.18 Å². The Morgan fingerprint density at radius 1 is 1.33 bits per heavy atom. The molecule has 1 aromatic heterocycles. The number of aryl methyl sites for hydroxylation is 2. The quantitative estimate of drug-likeness (QED) is 0.883. The lowest BCUT2D eigenvalue weighted by Gasteiger charge is -2.08. The highest BCUT2D eigenvalue weighted by atomic mass is 19.1. The first-order chi connectivity index (χ1) is 10.0. The van der Waals surface area contributed by atoms with Gasteiger partial charge in [0.2, 0.25) is 0 Å². The van der Waals surface area contributed by atoms with Gasteiger partial charge in [-0.2, -0.15) is 5.10 Å². The van der Waals surface area contributed by atoms with Crippen molar-refractivity contribution < 1.29 is 13.9 Å². The molecule has 0 aliphatic rings. The minimum atomic E-state index is -0.336. The summed E-state index contributed by atoms with van der Waals surface area (Å²) < 4.78 is 19.8. The molecule has 0 saturated carbocycles. The monoisotopic (exact) mass is 291 g/mol. The van der Waals surface area contributed by atoms with Crippen molar-refractivity contribution in [3.8, 4) is 5.75 Å². The Kier molecular flexibility index (Phi) is 4.92. The largest absolute Gasteiger partial charge is 0.484 e. The maximum atomic E-state index is 12.7. The molecule has 0 radical (unpaired) electrons. The molecule has 0 aliphatic heterocycles. The molecule has 0 unspecified atom stereocenters. The van der Waals surface area contributed by atoms with E-state index in [1.165, 1.54) is 24.3 Å². The molecule has 2 aromatic rings. The van der Waals surface area contributed by atoms with Gasteiger partial charge in [0.25, 0.3) is 5.91 Å². The normalized spacial score (nSPS) is 10.4. The maximum Gasteiger partial charge on any atom is 0.258 e. The number of nitrogens with one attached hydrogen (secondary N) is 1. The fourth-order valence-electron chi connectivity index (χ4n) is 1.93. The van der Waals surface area contributed by atoms with Gasteiger partial charge >= 0.3 is 0 Å². The second kappa shape index (κ2) is 6.88. The van der Waals surface area contributed by atoms with Gasteiger partial charge in [-0.05, 0) is 44.2 Å². The van der Waals surface area contributed by atoms with Crippen LogP contribution in [0.4, 0.5) is 4.39 Å². The molecule has 21 heavy (non-hydrogen) atoms. The van der Waals surface area contributed by atoms with Gasteiger partial charge in [-0.15, -0.1) is 0 Å². The van der Waals surface area contributed by atoms with E-state index in [-0.39, 0.29) is 18.3 Å². The van der Waals surface area contributed by atoms with Crippen LogP contribution in [0.25, 0.3) is 0 Å². The lowest BCUT2D eigenvalue weighted by molar-refractivity contribution is -0.123. The SMILES string of the molecule is Cc1cc(C)n(CCNC(=O)COc2ccc(F)cc2)n1. The highest BCUT2D eigenvalue weighted by molar-refractivity contribution is 5.77. The van der Waals surface area contributed by atoms with Crippen LogP contribution in [0.2, 0.25) is 0 Å². The number of amides is 1. The van der Waals surface area contributed by atoms with Gasteiger partial charge in [0.15, 0.2) is 6.61 Å². The summed E-state index contributed by atoms with van der Waals surface area (Å²) in [6, 6.07) is 7.53. The van der Waals surface area contributed by atoms with Crippen LogP contribution in [0.15, 0.2) is 30.3 Å². The van der Waals surface area contributed by atoms with Crippen molar-refractivity contribution in [3.63, 3.8) is 0 Å². The summed E-state index contributed by atoms with van der Waals surface area (Å²) in [5.41, 5.74) is 2.02. The van der Waals surface area contributed by atoms with Gasteiger partial charge in [-0.3, -0.25) is 9.48 Å². The third-order valence-electron chi connectivity index (χ3n) is 2.93.